The van der Waals surface area contributed by atoms with E-state index in [2.05, 4.69) is 10.4 Å². The topological polar surface area (TPSA) is 127 Å². The SMILES string of the molecule is Cc1cc(NC(=O)C(C)N2C(=O)c3ccccc3C2=O)n(-c2ccc([N+](=O)[O-])cc2)n1. The summed E-state index contributed by atoms with van der Waals surface area (Å²) >= 11 is 0. The van der Waals surface area contributed by atoms with E-state index in [1.165, 1.54) is 35.9 Å². The molecular formula is C21H17N5O5. The number of non-ortho nitro benzene ring substituents is 1. The van der Waals surface area contributed by atoms with Crippen molar-refractivity contribution in [3.05, 3.63) is 81.5 Å². The molecule has 31 heavy (non-hydrogen) atoms. The van der Waals surface area contributed by atoms with Crippen LogP contribution in [0, 0.1) is 17.0 Å². The molecule has 1 aliphatic rings. The highest BCUT2D eigenvalue weighted by Crippen LogP contribution is 2.25. The third-order valence-electron chi connectivity index (χ3n) is 4.98. The number of imide groups is 1. The number of nitrogens with zero attached hydrogens (tertiary/aromatic N) is 4. The third-order valence-corrected chi connectivity index (χ3v) is 4.98. The Bertz CT molecular complexity index is 1200. The Hall–Kier alpha value is -4.34. The van der Waals surface area contributed by atoms with Gasteiger partial charge in [0, 0.05) is 18.2 Å². The van der Waals surface area contributed by atoms with Gasteiger partial charge in [-0.05, 0) is 38.1 Å². The van der Waals surface area contributed by atoms with Gasteiger partial charge in [-0.1, -0.05) is 12.1 Å². The Morgan fingerprint density at radius 1 is 1.06 bits per heavy atom. The Labute approximate surface area is 176 Å². The molecule has 1 atom stereocenters. The maximum absolute atomic E-state index is 12.9. The Kier molecular flexibility index (Phi) is 4.82. The van der Waals surface area contributed by atoms with Gasteiger partial charge >= 0.3 is 0 Å². The van der Waals surface area contributed by atoms with Crippen LogP contribution in [-0.2, 0) is 4.79 Å². The van der Waals surface area contributed by atoms with Gasteiger partial charge in [0.15, 0.2) is 0 Å². The standard InChI is InChI=1S/C21H17N5O5/c1-12-11-18(25(23-12)14-7-9-15(10-8-14)26(30)31)22-19(27)13(2)24-20(28)16-5-3-4-6-17(16)21(24)29/h3-11,13H,1-2H3,(H,22,27). The first-order valence-electron chi connectivity index (χ1n) is 9.37. The van der Waals surface area contributed by atoms with E-state index < -0.39 is 28.7 Å². The zero-order chi connectivity index (χ0) is 22.3. The van der Waals surface area contributed by atoms with E-state index in [1.54, 1.807) is 37.3 Å². The van der Waals surface area contributed by atoms with Crippen LogP contribution in [0.2, 0.25) is 0 Å². The largest absolute Gasteiger partial charge is 0.309 e. The van der Waals surface area contributed by atoms with E-state index in [4.69, 9.17) is 0 Å². The molecule has 0 saturated heterocycles. The molecule has 10 heteroatoms. The number of rotatable bonds is 5. The summed E-state index contributed by atoms with van der Waals surface area (Å²) in [5, 5.41) is 17.9. The van der Waals surface area contributed by atoms with Crippen molar-refractivity contribution in [2.75, 3.05) is 5.32 Å². The molecule has 0 aliphatic carbocycles. The zero-order valence-corrected chi connectivity index (χ0v) is 16.6. The number of aryl methyl sites for hydroxylation is 1. The number of nitro benzene ring substituents is 1. The van der Waals surface area contributed by atoms with Gasteiger partial charge in [0.2, 0.25) is 5.91 Å². The second kappa shape index (κ2) is 7.48. The molecule has 0 bridgehead atoms. The number of fused-ring (bicyclic) bond motifs is 1. The van der Waals surface area contributed by atoms with E-state index in [9.17, 15) is 24.5 Å². The normalized spacial score (nSPS) is 13.8. The van der Waals surface area contributed by atoms with Crippen LogP contribution in [0.5, 0.6) is 0 Å². The summed E-state index contributed by atoms with van der Waals surface area (Å²) in [5.41, 5.74) is 1.56. The molecule has 3 amide bonds. The molecular weight excluding hydrogens is 402 g/mol. The molecule has 1 aliphatic heterocycles. The second-order valence-corrected chi connectivity index (χ2v) is 7.05. The summed E-state index contributed by atoms with van der Waals surface area (Å²) in [4.78, 5) is 49.5. The molecule has 0 spiro atoms. The van der Waals surface area contributed by atoms with Crippen LogP contribution in [0.25, 0.3) is 5.69 Å². The lowest BCUT2D eigenvalue weighted by Crippen LogP contribution is -2.45. The van der Waals surface area contributed by atoms with Gasteiger partial charge < -0.3 is 5.32 Å². The van der Waals surface area contributed by atoms with Crippen LogP contribution in [0.15, 0.2) is 54.6 Å². The fourth-order valence-electron chi connectivity index (χ4n) is 3.41. The molecule has 10 nitrogen and oxygen atoms in total. The lowest BCUT2D eigenvalue weighted by molar-refractivity contribution is -0.384. The molecule has 156 valence electrons. The van der Waals surface area contributed by atoms with Crippen LogP contribution in [0.4, 0.5) is 11.5 Å². The molecule has 0 saturated carbocycles. The minimum Gasteiger partial charge on any atom is -0.309 e. The molecule has 1 unspecified atom stereocenters. The van der Waals surface area contributed by atoms with Crippen LogP contribution in [0.1, 0.15) is 33.3 Å². The van der Waals surface area contributed by atoms with E-state index >= 15 is 0 Å². The molecule has 0 fully saturated rings. The number of hydrogen-bond donors (Lipinski definition) is 1. The van der Waals surface area contributed by atoms with Gasteiger partial charge in [-0.25, -0.2) is 4.68 Å². The number of hydrogen-bond acceptors (Lipinski definition) is 6. The maximum atomic E-state index is 12.9. The maximum Gasteiger partial charge on any atom is 0.269 e. The predicted octanol–water partition coefficient (Wildman–Crippen LogP) is 2.71. The highest BCUT2D eigenvalue weighted by atomic mass is 16.6. The minimum atomic E-state index is -1.06. The van der Waals surface area contributed by atoms with Gasteiger partial charge in [0.25, 0.3) is 17.5 Å². The van der Waals surface area contributed by atoms with E-state index in [0.29, 0.717) is 17.2 Å². The fourth-order valence-corrected chi connectivity index (χ4v) is 3.41. The number of benzene rings is 2. The van der Waals surface area contributed by atoms with Gasteiger partial charge in [-0.2, -0.15) is 5.10 Å². The summed E-state index contributed by atoms with van der Waals surface area (Å²) in [6.07, 6.45) is 0. The fraction of sp³-hybridized carbons (Fsp3) is 0.143. The molecule has 1 N–H and O–H groups in total. The number of nitro groups is 1. The van der Waals surface area contributed by atoms with Crippen LogP contribution in [0.3, 0.4) is 0 Å². The van der Waals surface area contributed by atoms with Crippen molar-refractivity contribution in [3.63, 3.8) is 0 Å². The highest BCUT2D eigenvalue weighted by Gasteiger charge is 2.40. The smallest absolute Gasteiger partial charge is 0.269 e. The number of carbonyl (C=O) groups is 3. The molecule has 0 radical (unpaired) electrons. The Morgan fingerprint density at radius 3 is 2.19 bits per heavy atom. The van der Waals surface area contributed by atoms with E-state index in [1.807, 2.05) is 0 Å². The first-order chi connectivity index (χ1) is 14.8. The number of nitrogens with one attached hydrogen (secondary N) is 1. The summed E-state index contributed by atoms with van der Waals surface area (Å²) in [6.45, 7) is 3.20. The van der Waals surface area contributed by atoms with Crippen molar-refractivity contribution in [2.24, 2.45) is 0 Å². The number of anilines is 1. The van der Waals surface area contributed by atoms with E-state index in [-0.39, 0.29) is 16.8 Å². The van der Waals surface area contributed by atoms with Crippen LogP contribution in [-0.4, -0.2) is 43.4 Å². The van der Waals surface area contributed by atoms with Gasteiger partial charge in [-0.3, -0.25) is 29.4 Å². The molecule has 4 rings (SSSR count). The first-order valence-corrected chi connectivity index (χ1v) is 9.37. The zero-order valence-electron chi connectivity index (χ0n) is 16.6. The van der Waals surface area contributed by atoms with Gasteiger partial charge in [0.05, 0.1) is 27.4 Å². The average Bonchev–Trinajstić information content (AvgIpc) is 3.24. The molecule has 1 aromatic heterocycles. The summed E-state index contributed by atoms with van der Waals surface area (Å²) < 4.78 is 1.42. The predicted molar refractivity (Wildman–Crippen MR) is 110 cm³/mol. The number of carbonyl (C=O) groups excluding carboxylic acids is 3. The van der Waals surface area contributed by atoms with Crippen molar-refractivity contribution in [3.8, 4) is 5.69 Å². The van der Waals surface area contributed by atoms with Gasteiger partial charge in [0.1, 0.15) is 11.9 Å². The van der Waals surface area contributed by atoms with Crippen molar-refractivity contribution >= 4 is 29.2 Å². The van der Waals surface area contributed by atoms with Crippen LogP contribution < -0.4 is 5.32 Å². The lowest BCUT2D eigenvalue weighted by Gasteiger charge is -2.21. The van der Waals surface area contributed by atoms with Crippen molar-refractivity contribution in [1.82, 2.24) is 14.7 Å². The Balaban J connectivity index is 1.58. The second-order valence-electron chi connectivity index (χ2n) is 7.05. The summed E-state index contributed by atoms with van der Waals surface area (Å²) in [6, 6.07) is 12.6. The minimum absolute atomic E-state index is 0.0718. The third kappa shape index (κ3) is 3.44. The van der Waals surface area contributed by atoms with Crippen molar-refractivity contribution < 1.29 is 19.3 Å². The monoisotopic (exact) mass is 419 g/mol. The summed E-state index contributed by atoms with van der Waals surface area (Å²) in [5.74, 6) is -1.32. The average molecular weight is 419 g/mol. The molecule has 3 aromatic rings. The number of aromatic nitrogens is 2. The summed E-state index contributed by atoms with van der Waals surface area (Å²) in [7, 11) is 0. The van der Waals surface area contributed by atoms with Crippen molar-refractivity contribution in [1.29, 1.82) is 0 Å². The van der Waals surface area contributed by atoms with E-state index in [0.717, 1.165) is 4.90 Å². The quantitative estimate of drug-likeness (QED) is 0.385. The number of amides is 3. The first kappa shape index (κ1) is 20.0. The highest BCUT2D eigenvalue weighted by molar-refractivity contribution is 6.23. The van der Waals surface area contributed by atoms with Crippen LogP contribution >= 0.6 is 0 Å². The van der Waals surface area contributed by atoms with Crippen molar-refractivity contribution in [2.45, 2.75) is 19.9 Å². The van der Waals surface area contributed by atoms with Gasteiger partial charge in [-0.15, -0.1) is 0 Å². The Morgan fingerprint density at radius 2 is 1.65 bits per heavy atom. The molecule has 2 heterocycles. The lowest BCUT2D eigenvalue weighted by atomic mass is 10.1. The molecule has 2 aromatic carbocycles.